The first-order chi connectivity index (χ1) is 10.3. The molecule has 0 unspecified atom stereocenters. The van der Waals surface area contributed by atoms with E-state index in [0.29, 0.717) is 13.0 Å². The highest BCUT2D eigenvalue weighted by Gasteiger charge is 2.11. The molecule has 0 saturated carbocycles. The Morgan fingerprint density at radius 2 is 2.24 bits per heavy atom. The zero-order valence-corrected chi connectivity index (χ0v) is 12.5. The number of thiazole rings is 1. The first kappa shape index (κ1) is 13.6. The molecule has 0 fully saturated rings. The van der Waals surface area contributed by atoms with Gasteiger partial charge in [0, 0.05) is 17.6 Å². The van der Waals surface area contributed by atoms with E-state index in [-0.39, 0.29) is 0 Å². The van der Waals surface area contributed by atoms with Crippen molar-refractivity contribution < 1.29 is 0 Å². The Balaban J connectivity index is 1.97. The summed E-state index contributed by atoms with van der Waals surface area (Å²) in [6.07, 6.45) is 2.20. The van der Waals surface area contributed by atoms with Gasteiger partial charge in [0.2, 0.25) is 0 Å². The van der Waals surface area contributed by atoms with Crippen molar-refractivity contribution in [3.05, 3.63) is 41.2 Å². The summed E-state index contributed by atoms with van der Waals surface area (Å²) < 4.78 is 2.10. The van der Waals surface area contributed by atoms with E-state index < -0.39 is 0 Å². The fourth-order valence-electron chi connectivity index (χ4n) is 2.28. The van der Waals surface area contributed by atoms with Crippen LogP contribution in [0.15, 0.2) is 30.5 Å². The van der Waals surface area contributed by atoms with Crippen molar-refractivity contribution in [3.8, 4) is 6.07 Å². The molecule has 2 heterocycles. The Bertz CT molecular complexity index is 796. The maximum atomic E-state index is 8.99. The van der Waals surface area contributed by atoms with E-state index in [1.807, 2.05) is 30.5 Å². The van der Waals surface area contributed by atoms with E-state index in [2.05, 4.69) is 32.8 Å². The number of hydrogen-bond donors (Lipinski definition) is 1. The predicted octanol–water partition coefficient (Wildman–Crippen LogP) is 3.04. The minimum atomic E-state index is 0.313. The molecule has 0 saturated heterocycles. The number of imidazole rings is 1. The van der Waals surface area contributed by atoms with E-state index in [1.54, 1.807) is 11.3 Å². The Morgan fingerprint density at radius 3 is 3.05 bits per heavy atom. The molecule has 1 N–H and O–H groups in total. The molecule has 0 aliphatic carbocycles. The average molecular weight is 297 g/mol. The molecule has 3 rings (SSSR count). The Kier molecular flexibility index (Phi) is 3.84. The highest BCUT2D eigenvalue weighted by molar-refractivity contribution is 7.15. The summed E-state index contributed by atoms with van der Waals surface area (Å²) in [7, 11) is 0. The number of nitriles is 1. The van der Waals surface area contributed by atoms with Crippen LogP contribution < -0.4 is 5.32 Å². The van der Waals surface area contributed by atoms with Crippen molar-refractivity contribution in [3.63, 3.8) is 0 Å². The summed E-state index contributed by atoms with van der Waals surface area (Å²) in [5.41, 5.74) is 1.99. The zero-order valence-electron chi connectivity index (χ0n) is 11.7. The average Bonchev–Trinajstić information content (AvgIpc) is 3.06. The van der Waals surface area contributed by atoms with Crippen molar-refractivity contribution in [2.75, 3.05) is 11.9 Å². The molecule has 0 amide bonds. The third-order valence-corrected chi connectivity index (χ3v) is 4.11. The fraction of sp³-hybridized carbons (Fsp3) is 0.267. The molecular weight excluding hydrogens is 282 g/mol. The zero-order chi connectivity index (χ0) is 14.7. The summed E-state index contributed by atoms with van der Waals surface area (Å²) in [5, 5.41) is 13.1. The molecule has 0 aliphatic heterocycles. The van der Waals surface area contributed by atoms with Gasteiger partial charge in [0.15, 0.2) is 5.13 Å². The van der Waals surface area contributed by atoms with E-state index in [4.69, 9.17) is 5.26 Å². The van der Waals surface area contributed by atoms with Crippen LogP contribution in [0, 0.1) is 11.3 Å². The summed E-state index contributed by atoms with van der Waals surface area (Å²) in [6, 6.07) is 10.2. The van der Waals surface area contributed by atoms with Crippen LogP contribution in [0.5, 0.6) is 0 Å². The third kappa shape index (κ3) is 2.73. The second-order valence-corrected chi connectivity index (χ2v) is 5.72. The van der Waals surface area contributed by atoms with Crippen LogP contribution in [0.3, 0.4) is 0 Å². The van der Waals surface area contributed by atoms with Gasteiger partial charge < -0.3 is 9.88 Å². The Morgan fingerprint density at radius 1 is 1.38 bits per heavy atom. The molecule has 0 spiro atoms. The number of anilines is 1. The van der Waals surface area contributed by atoms with Gasteiger partial charge in [0.25, 0.3) is 0 Å². The van der Waals surface area contributed by atoms with E-state index in [9.17, 15) is 0 Å². The van der Waals surface area contributed by atoms with Gasteiger partial charge >= 0.3 is 0 Å². The van der Waals surface area contributed by atoms with Crippen LogP contribution in [0.4, 0.5) is 5.13 Å². The molecule has 3 aromatic rings. The van der Waals surface area contributed by atoms with Gasteiger partial charge in [0.1, 0.15) is 5.82 Å². The van der Waals surface area contributed by atoms with Crippen LogP contribution in [0.1, 0.15) is 17.6 Å². The first-order valence-corrected chi connectivity index (χ1v) is 7.63. The molecule has 5 nitrogen and oxygen atoms in total. The highest BCUT2D eigenvalue weighted by Crippen LogP contribution is 2.23. The van der Waals surface area contributed by atoms with Crippen molar-refractivity contribution in [1.82, 2.24) is 14.5 Å². The van der Waals surface area contributed by atoms with Crippen molar-refractivity contribution >= 4 is 27.5 Å². The first-order valence-electron chi connectivity index (χ1n) is 6.81. The number of rotatable bonds is 5. The smallest absolute Gasteiger partial charge is 0.182 e. The maximum absolute atomic E-state index is 8.99. The van der Waals surface area contributed by atoms with Crippen LogP contribution >= 0.6 is 11.3 Å². The van der Waals surface area contributed by atoms with Gasteiger partial charge in [-0.05, 0) is 19.1 Å². The molecule has 1 aromatic carbocycles. The number of aromatic nitrogens is 3. The van der Waals surface area contributed by atoms with Crippen LogP contribution in [0.2, 0.25) is 0 Å². The number of nitrogens with zero attached hydrogens (tertiary/aromatic N) is 4. The van der Waals surface area contributed by atoms with Crippen LogP contribution in [0.25, 0.3) is 11.0 Å². The van der Waals surface area contributed by atoms with Gasteiger partial charge in [-0.15, -0.1) is 11.3 Å². The van der Waals surface area contributed by atoms with Gasteiger partial charge in [-0.1, -0.05) is 12.1 Å². The number of benzene rings is 1. The number of nitrogens with one attached hydrogen (secondary N) is 1. The molecule has 6 heteroatoms. The maximum Gasteiger partial charge on any atom is 0.182 e. The fourth-order valence-corrected chi connectivity index (χ4v) is 3.15. The summed E-state index contributed by atoms with van der Waals surface area (Å²) in [6.45, 7) is 3.61. The predicted molar refractivity (Wildman–Crippen MR) is 84.4 cm³/mol. The highest BCUT2D eigenvalue weighted by atomic mass is 32.1. The van der Waals surface area contributed by atoms with E-state index in [0.717, 1.165) is 33.4 Å². The third-order valence-electron chi connectivity index (χ3n) is 3.17. The SMILES string of the molecule is CCNc1ncc(Cn2c(CC#N)nc3ccccc32)s1. The number of fused-ring (bicyclic) bond motifs is 1. The van der Waals surface area contributed by atoms with Crippen molar-refractivity contribution in [1.29, 1.82) is 5.26 Å². The van der Waals surface area contributed by atoms with Gasteiger partial charge in [0.05, 0.1) is 30.1 Å². The summed E-state index contributed by atoms with van der Waals surface area (Å²) in [5.74, 6) is 0.803. The molecule has 0 bridgehead atoms. The quantitative estimate of drug-likeness (QED) is 0.786. The summed E-state index contributed by atoms with van der Waals surface area (Å²) >= 11 is 1.64. The minimum absolute atomic E-state index is 0.313. The monoisotopic (exact) mass is 297 g/mol. The molecule has 0 radical (unpaired) electrons. The van der Waals surface area contributed by atoms with Gasteiger partial charge in [-0.25, -0.2) is 9.97 Å². The van der Waals surface area contributed by atoms with Crippen molar-refractivity contribution in [2.45, 2.75) is 19.9 Å². The topological polar surface area (TPSA) is 66.5 Å². The lowest BCUT2D eigenvalue weighted by Crippen LogP contribution is -2.03. The van der Waals surface area contributed by atoms with E-state index >= 15 is 0 Å². The number of hydrogen-bond acceptors (Lipinski definition) is 5. The lowest BCUT2D eigenvalue weighted by Gasteiger charge is -2.05. The standard InChI is InChI=1S/C15H15N5S/c1-2-17-15-18-9-11(21-15)10-20-13-6-4-3-5-12(13)19-14(20)7-8-16/h3-6,9H,2,7,10H2,1H3,(H,17,18). The van der Waals surface area contributed by atoms with Crippen molar-refractivity contribution in [2.24, 2.45) is 0 Å². The molecule has 0 atom stereocenters. The van der Waals surface area contributed by atoms with Gasteiger partial charge in [-0.3, -0.25) is 0 Å². The largest absolute Gasteiger partial charge is 0.362 e. The summed E-state index contributed by atoms with van der Waals surface area (Å²) in [4.78, 5) is 10.0. The van der Waals surface area contributed by atoms with Gasteiger partial charge in [-0.2, -0.15) is 5.26 Å². The Labute approximate surface area is 126 Å². The molecule has 106 valence electrons. The molecule has 21 heavy (non-hydrogen) atoms. The minimum Gasteiger partial charge on any atom is -0.362 e. The number of para-hydroxylation sites is 2. The normalized spacial score (nSPS) is 10.7. The van der Waals surface area contributed by atoms with E-state index in [1.165, 1.54) is 0 Å². The second-order valence-electron chi connectivity index (χ2n) is 4.60. The molecular formula is C15H15N5S. The lowest BCUT2D eigenvalue weighted by molar-refractivity contribution is 0.778. The lowest BCUT2D eigenvalue weighted by atomic mass is 10.3. The second kappa shape index (κ2) is 5.94. The van der Waals surface area contributed by atoms with Crippen LogP contribution in [-0.4, -0.2) is 21.1 Å². The van der Waals surface area contributed by atoms with Crippen LogP contribution in [-0.2, 0) is 13.0 Å². The molecule has 0 aliphatic rings. The molecule has 2 aromatic heterocycles. The Hall–Kier alpha value is -2.39.